The highest BCUT2D eigenvalue weighted by Crippen LogP contribution is 2.23. The van der Waals surface area contributed by atoms with Crippen LogP contribution in [0.2, 0.25) is 5.02 Å². The molecule has 1 heterocycles. The van der Waals surface area contributed by atoms with Crippen molar-refractivity contribution >= 4 is 35.6 Å². The Morgan fingerprint density at radius 3 is 2.92 bits per heavy atom. The fourth-order valence-electron chi connectivity index (χ4n) is 2.62. The van der Waals surface area contributed by atoms with E-state index >= 15 is 0 Å². The predicted molar refractivity (Wildman–Crippen MR) is 99.8 cm³/mol. The van der Waals surface area contributed by atoms with Gasteiger partial charge in [-0.05, 0) is 48.4 Å². The second-order valence-electron chi connectivity index (χ2n) is 5.58. The van der Waals surface area contributed by atoms with Gasteiger partial charge in [0.2, 0.25) is 0 Å². The molecule has 0 radical (unpaired) electrons. The van der Waals surface area contributed by atoms with Crippen LogP contribution < -0.4 is 10.1 Å². The molecule has 2 aromatic carbocycles. The van der Waals surface area contributed by atoms with E-state index in [2.05, 4.69) is 5.32 Å². The molecular weight excluding hydrogens is 347 g/mol. The molecule has 24 heavy (non-hydrogen) atoms. The number of carbonyl (C=O) groups is 1. The number of amides is 1. The van der Waals surface area contributed by atoms with Crippen molar-refractivity contribution < 1.29 is 9.53 Å². The quantitative estimate of drug-likeness (QED) is 0.872. The maximum absolute atomic E-state index is 12.5. The van der Waals surface area contributed by atoms with Crippen molar-refractivity contribution in [2.75, 3.05) is 32.1 Å². The van der Waals surface area contributed by atoms with Gasteiger partial charge in [-0.15, -0.1) is 12.4 Å². The molecule has 0 saturated carbocycles. The number of ether oxygens (including phenoxy) is 1. The van der Waals surface area contributed by atoms with Crippen LogP contribution in [0.5, 0.6) is 5.75 Å². The third-order valence-corrected chi connectivity index (χ3v) is 4.14. The molecule has 3 rings (SSSR count). The maximum atomic E-state index is 12.5. The zero-order chi connectivity index (χ0) is 16.2. The number of anilines is 1. The van der Waals surface area contributed by atoms with Gasteiger partial charge in [-0.1, -0.05) is 17.7 Å². The van der Waals surface area contributed by atoms with Crippen LogP contribution in [-0.2, 0) is 6.42 Å². The van der Waals surface area contributed by atoms with E-state index in [1.165, 1.54) is 5.56 Å². The van der Waals surface area contributed by atoms with Crippen LogP contribution in [0.3, 0.4) is 0 Å². The molecule has 4 nitrogen and oxygen atoms in total. The minimum Gasteiger partial charge on any atom is -0.492 e. The van der Waals surface area contributed by atoms with Crippen molar-refractivity contribution in [3.63, 3.8) is 0 Å². The summed E-state index contributed by atoms with van der Waals surface area (Å²) in [5.74, 6) is 0.719. The summed E-state index contributed by atoms with van der Waals surface area (Å²) >= 11 is 5.91. The van der Waals surface area contributed by atoms with E-state index in [9.17, 15) is 4.79 Å². The number of rotatable bonds is 5. The minimum atomic E-state index is 0. The Hall–Kier alpha value is -1.91. The summed E-state index contributed by atoms with van der Waals surface area (Å²) in [6, 6.07) is 13.1. The Bertz CT molecular complexity index is 722. The Labute approximate surface area is 153 Å². The third kappa shape index (κ3) is 4.34. The molecule has 0 fully saturated rings. The minimum absolute atomic E-state index is 0. The highest BCUT2D eigenvalue weighted by atomic mass is 35.5. The maximum Gasteiger partial charge on any atom is 0.253 e. The molecule has 1 amide bonds. The zero-order valence-electron chi connectivity index (χ0n) is 13.4. The van der Waals surface area contributed by atoms with Gasteiger partial charge < -0.3 is 15.0 Å². The zero-order valence-corrected chi connectivity index (χ0v) is 15.0. The van der Waals surface area contributed by atoms with Gasteiger partial charge in [0.1, 0.15) is 12.4 Å². The summed E-state index contributed by atoms with van der Waals surface area (Å²) in [5.41, 5.74) is 3.06. The predicted octanol–water partition coefficient (Wildman–Crippen LogP) is 3.88. The van der Waals surface area contributed by atoms with Gasteiger partial charge in [0, 0.05) is 29.9 Å². The Morgan fingerprint density at radius 2 is 2.12 bits per heavy atom. The molecule has 0 bridgehead atoms. The molecule has 128 valence electrons. The monoisotopic (exact) mass is 366 g/mol. The molecule has 0 aromatic heterocycles. The molecule has 1 aliphatic heterocycles. The van der Waals surface area contributed by atoms with Crippen molar-refractivity contribution in [1.29, 1.82) is 0 Å². The van der Waals surface area contributed by atoms with Crippen LogP contribution in [0.4, 0.5) is 5.69 Å². The van der Waals surface area contributed by atoms with E-state index in [4.69, 9.17) is 16.3 Å². The summed E-state index contributed by atoms with van der Waals surface area (Å²) in [6.07, 6.45) is 0.970. The van der Waals surface area contributed by atoms with Crippen LogP contribution >= 0.6 is 24.0 Å². The highest BCUT2D eigenvalue weighted by molar-refractivity contribution is 6.30. The largest absolute Gasteiger partial charge is 0.492 e. The van der Waals surface area contributed by atoms with Gasteiger partial charge in [0.15, 0.2) is 0 Å². The Balaban J connectivity index is 0.00000208. The van der Waals surface area contributed by atoms with E-state index in [0.29, 0.717) is 23.9 Å². The van der Waals surface area contributed by atoms with Crippen LogP contribution in [-0.4, -0.2) is 37.6 Å². The van der Waals surface area contributed by atoms with E-state index in [1.54, 1.807) is 24.1 Å². The summed E-state index contributed by atoms with van der Waals surface area (Å²) in [4.78, 5) is 14.1. The molecule has 1 N–H and O–H groups in total. The number of halogens is 2. The normalized spacial score (nSPS) is 11.9. The first-order valence-corrected chi connectivity index (χ1v) is 8.02. The second-order valence-corrected chi connectivity index (χ2v) is 6.02. The number of nitrogens with one attached hydrogen (secondary N) is 1. The number of nitrogens with zero attached hydrogens (tertiary/aromatic N) is 1. The van der Waals surface area contributed by atoms with Gasteiger partial charge in [-0.25, -0.2) is 0 Å². The fraction of sp³-hybridized carbons (Fsp3) is 0.278. The van der Waals surface area contributed by atoms with E-state index in [-0.39, 0.29) is 18.3 Å². The average molecular weight is 367 g/mol. The summed E-state index contributed by atoms with van der Waals surface area (Å²) in [6.45, 7) is 1.88. The van der Waals surface area contributed by atoms with Crippen LogP contribution in [0.15, 0.2) is 42.5 Å². The van der Waals surface area contributed by atoms with Crippen molar-refractivity contribution in [3.8, 4) is 5.75 Å². The number of likely N-dealkylation sites (N-methyl/N-ethyl adjacent to an activating group) is 1. The lowest BCUT2D eigenvalue weighted by molar-refractivity contribution is 0.0773. The van der Waals surface area contributed by atoms with Gasteiger partial charge >= 0.3 is 0 Å². The van der Waals surface area contributed by atoms with E-state index in [1.807, 2.05) is 30.3 Å². The molecule has 0 spiro atoms. The topological polar surface area (TPSA) is 41.6 Å². The second kappa shape index (κ2) is 8.27. The van der Waals surface area contributed by atoms with Crippen LogP contribution in [0.25, 0.3) is 0 Å². The number of hydrogen-bond donors (Lipinski definition) is 1. The van der Waals surface area contributed by atoms with Crippen molar-refractivity contribution in [2.24, 2.45) is 0 Å². The molecule has 2 aromatic rings. The number of carbonyl (C=O) groups excluding carboxylic acids is 1. The van der Waals surface area contributed by atoms with E-state index < -0.39 is 0 Å². The van der Waals surface area contributed by atoms with Crippen LogP contribution in [0.1, 0.15) is 15.9 Å². The number of fused-ring (bicyclic) bond motifs is 1. The molecule has 1 aliphatic rings. The lowest BCUT2D eigenvalue weighted by Crippen LogP contribution is -2.30. The SMILES string of the molecule is CN(CCOc1cccc(Cl)c1)C(=O)c1ccc2c(c1)CCN2.Cl. The summed E-state index contributed by atoms with van der Waals surface area (Å²) < 4.78 is 5.63. The van der Waals surface area contributed by atoms with Gasteiger partial charge in [0.25, 0.3) is 5.91 Å². The third-order valence-electron chi connectivity index (χ3n) is 3.90. The first-order chi connectivity index (χ1) is 11.1. The van der Waals surface area contributed by atoms with Crippen LogP contribution in [0, 0.1) is 0 Å². The van der Waals surface area contributed by atoms with Gasteiger partial charge in [-0.2, -0.15) is 0 Å². The summed E-state index contributed by atoms with van der Waals surface area (Å²) in [7, 11) is 1.79. The smallest absolute Gasteiger partial charge is 0.253 e. The van der Waals surface area contributed by atoms with E-state index in [0.717, 1.165) is 24.2 Å². The van der Waals surface area contributed by atoms with Crippen molar-refractivity contribution in [1.82, 2.24) is 4.90 Å². The first-order valence-electron chi connectivity index (χ1n) is 7.64. The fourth-order valence-corrected chi connectivity index (χ4v) is 2.80. The molecule has 0 atom stereocenters. The average Bonchev–Trinajstić information content (AvgIpc) is 3.01. The Kier molecular flexibility index (Phi) is 6.35. The molecule has 0 aliphatic carbocycles. The number of benzene rings is 2. The van der Waals surface area contributed by atoms with Crippen molar-refractivity contribution in [3.05, 3.63) is 58.6 Å². The molecular formula is C18H20Cl2N2O2. The van der Waals surface area contributed by atoms with Gasteiger partial charge in [0.05, 0.1) is 6.54 Å². The van der Waals surface area contributed by atoms with Crippen molar-refractivity contribution in [2.45, 2.75) is 6.42 Å². The van der Waals surface area contributed by atoms with Gasteiger partial charge in [-0.3, -0.25) is 4.79 Å². The molecule has 0 saturated heterocycles. The standard InChI is InChI=1S/C18H19ClN2O2.ClH/c1-21(9-10-23-16-4-2-3-15(19)12-16)18(22)14-5-6-17-13(11-14)7-8-20-17;/h2-6,11-12,20H,7-10H2,1H3;1H. The summed E-state index contributed by atoms with van der Waals surface area (Å²) in [5, 5.41) is 3.93. The lowest BCUT2D eigenvalue weighted by atomic mass is 10.1. The highest BCUT2D eigenvalue weighted by Gasteiger charge is 2.16. The molecule has 6 heteroatoms. The number of hydrogen-bond acceptors (Lipinski definition) is 3. The Morgan fingerprint density at radius 1 is 1.29 bits per heavy atom. The molecule has 0 unspecified atom stereocenters. The lowest BCUT2D eigenvalue weighted by Gasteiger charge is -2.18. The first kappa shape index (κ1) is 18.4.